The molecule has 0 saturated heterocycles. The molecule has 1 rings (SSSR count). The van der Waals surface area contributed by atoms with Crippen molar-refractivity contribution < 1.29 is 9.90 Å². The number of nitrogens with zero attached hydrogens (tertiary/aromatic N) is 1. The number of carbonyl (C=O) groups is 1. The molecule has 0 unspecified atom stereocenters. The molecule has 0 aliphatic rings. The van der Waals surface area contributed by atoms with E-state index in [0.29, 0.717) is 6.42 Å². The third-order valence-corrected chi connectivity index (χ3v) is 4.51. The van der Waals surface area contributed by atoms with Crippen LogP contribution in [0.5, 0.6) is 0 Å². The Morgan fingerprint density at radius 3 is 2.88 bits per heavy atom. The molecule has 0 fully saturated rings. The highest BCUT2D eigenvalue weighted by molar-refractivity contribution is 9.10. The number of hydrogen-bond acceptors (Lipinski definition) is 3. The summed E-state index contributed by atoms with van der Waals surface area (Å²) >= 11 is 10.8. The molecule has 0 saturated carbocycles. The van der Waals surface area contributed by atoms with Crippen LogP contribution in [-0.2, 0) is 11.3 Å². The molecule has 16 heavy (non-hydrogen) atoms. The van der Waals surface area contributed by atoms with E-state index in [-0.39, 0.29) is 6.42 Å². The van der Waals surface area contributed by atoms with Crippen LogP contribution >= 0.6 is 38.9 Å². The van der Waals surface area contributed by atoms with Crippen molar-refractivity contribution >= 4 is 44.8 Å². The molecule has 0 radical (unpaired) electrons. The van der Waals surface area contributed by atoms with Gasteiger partial charge in [0.2, 0.25) is 0 Å². The largest absolute Gasteiger partial charge is 0.481 e. The van der Waals surface area contributed by atoms with Crippen LogP contribution in [0.2, 0.25) is 4.34 Å². The summed E-state index contributed by atoms with van der Waals surface area (Å²) in [5.74, 6) is -0.740. The van der Waals surface area contributed by atoms with Gasteiger partial charge in [-0.05, 0) is 42.0 Å². The van der Waals surface area contributed by atoms with Crippen molar-refractivity contribution in [3.8, 4) is 0 Å². The summed E-state index contributed by atoms with van der Waals surface area (Å²) < 4.78 is 1.68. The Bertz CT molecular complexity index is 350. The maximum Gasteiger partial charge on any atom is 0.303 e. The van der Waals surface area contributed by atoms with E-state index in [4.69, 9.17) is 16.7 Å². The average molecular weight is 327 g/mol. The summed E-state index contributed by atoms with van der Waals surface area (Å²) in [6.07, 6.45) is 0.894. The van der Waals surface area contributed by atoms with Crippen LogP contribution in [0.1, 0.15) is 17.7 Å². The predicted octanol–water partition coefficient (Wildman–Crippen LogP) is 3.46. The lowest BCUT2D eigenvalue weighted by atomic mass is 10.3. The first kappa shape index (κ1) is 14.0. The van der Waals surface area contributed by atoms with Gasteiger partial charge >= 0.3 is 5.97 Å². The van der Waals surface area contributed by atoms with E-state index in [1.165, 1.54) is 4.88 Å². The van der Waals surface area contributed by atoms with Crippen molar-refractivity contribution in [3.63, 3.8) is 0 Å². The topological polar surface area (TPSA) is 40.5 Å². The summed E-state index contributed by atoms with van der Waals surface area (Å²) in [5, 5.41) is 8.52. The molecule has 1 aromatic rings. The fraction of sp³-hybridized carbons (Fsp3) is 0.500. The third-order valence-electron chi connectivity index (χ3n) is 2.05. The molecule has 1 heterocycles. The van der Waals surface area contributed by atoms with E-state index in [9.17, 15) is 4.79 Å². The highest BCUT2D eigenvalue weighted by Gasteiger charge is 2.07. The molecule has 0 bridgehead atoms. The van der Waals surface area contributed by atoms with E-state index in [1.54, 1.807) is 11.3 Å². The number of thiophene rings is 1. The molecule has 90 valence electrons. The summed E-state index contributed by atoms with van der Waals surface area (Å²) in [6, 6.07) is 2.00. The van der Waals surface area contributed by atoms with Gasteiger partial charge in [0.25, 0.3) is 0 Å². The molecule has 0 atom stereocenters. The first-order valence-electron chi connectivity index (χ1n) is 4.83. The van der Waals surface area contributed by atoms with Crippen molar-refractivity contribution in [3.05, 3.63) is 19.8 Å². The molecule has 0 aliphatic carbocycles. The Balaban J connectivity index is 2.33. The van der Waals surface area contributed by atoms with Gasteiger partial charge in [-0.3, -0.25) is 4.79 Å². The van der Waals surface area contributed by atoms with E-state index >= 15 is 0 Å². The lowest BCUT2D eigenvalue weighted by molar-refractivity contribution is -0.137. The quantitative estimate of drug-likeness (QED) is 0.870. The second-order valence-corrected chi connectivity index (χ2v) is 6.16. The molecule has 0 spiro atoms. The zero-order chi connectivity index (χ0) is 12.1. The van der Waals surface area contributed by atoms with Crippen molar-refractivity contribution in [1.82, 2.24) is 4.90 Å². The van der Waals surface area contributed by atoms with Gasteiger partial charge in [-0.15, -0.1) is 11.3 Å². The minimum Gasteiger partial charge on any atom is -0.481 e. The number of rotatable bonds is 6. The van der Waals surface area contributed by atoms with Crippen LogP contribution in [0.15, 0.2) is 10.5 Å². The van der Waals surface area contributed by atoms with Gasteiger partial charge in [0.15, 0.2) is 0 Å². The smallest absolute Gasteiger partial charge is 0.303 e. The summed E-state index contributed by atoms with van der Waals surface area (Å²) in [4.78, 5) is 13.6. The molecule has 0 aromatic carbocycles. The molecule has 0 amide bonds. The molecule has 0 aliphatic heterocycles. The number of halogens is 2. The van der Waals surface area contributed by atoms with E-state index in [1.807, 2.05) is 13.1 Å². The second kappa shape index (κ2) is 6.59. The van der Waals surface area contributed by atoms with Crippen molar-refractivity contribution in [2.45, 2.75) is 19.4 Å². The molecular weight excluding hydrogens is 314 g/mol. The Hall–Kier alpha value is -0.100. The zero-order valence-electron chi connectivity index (χ0n) is 8.87. The summed E-state index contributed by atoms with van der Waals surface area (Å²) in [5.41, 5.74) is 0. The summed E-state index contributed by atoms with van der Waals surface area (Å²) in [6.45, 7) is 1.58. The predicted molar refractivity (Wildman–Crippen MR) is 70.2 cm³/mol. The van der Waals surface area contributed by atoms with Crippen LogP contribution in [0.25, 0.3) is 0 Å². The van der Waals surface area contributed by atoms with Gasteiger partial charge in [-0.25, -0.2) is 0 Å². The standard InChI is InChI=1S/C10H13BrClNO2S/c1-13(4-2-3-9(14)15)6-7-5-8(11)10(12)16-7/h5H,2-4,6H2,1H3,(H,14,15). The fourth-order valence-electron chi connectivity index (χ4n) is 1.31. The van der Waals surface area contributed by atoms with Crippen LogP contribution in [0.3, 0.4) is 0 Å². The van der Waals surface area contributed by atoms with E-state index in [2.05, 4.69) is 20.8 Å². The first-order chi connectivity index (χ1) is 7.49. The molecule has 3 nitrogen and oxygen atoms in total. The molecule has 1 N–H and O–H groups in total. The third kappa shape index (κ3) is 4.82. The molecule has 6 heteroatoms. The Kier molecular flexibility index (Phi) is 5.75. The molecular formula is C10H13BrClNO2S. The monoisotopic (exact) mass is 325 g/mol. The number of carboxylic acids is 1. The van der Waals surface area contributed by atoms with Gasteiger partial charge in [-0.1, -0.05) is 11.6 Å². The zero-order valence-corrected chi connectivity index (χ0v) is 12.0. The van der Waals surface area contributed by atoms with Gasteiger partial charge in [-0.2, -0.15) is 0 Å². The van der Waals surface area contributed by atoms with E-state index < -0.39 is 5.97 Å². The van der Waals surface area contributed by atoms with Gasteiger partial charge < -0.3 is 10.0 Å². The van der Waals surface area contributed by atoms with Crippen LogP contribution in [0.4, 0.5) is 0 Å². The normalized spacial score (nSPS) is 11.0. The van der Waals surface area contributed by atoms with Gasteiger partial charge in [0.05, 0.1) is 0 Å². The van der Waals surface area contributed by atoms with Crippen LogP contribution in [0, 0.1) is 0 Å². The van der Waals surface area contributed by atoms with Crippen molar-refractivity contribution in [1.29, 1.82) is 0 Å². The Morgan fingerprint density at radius 2 is 2.38 bits per heavy atom. The molecule has 1 aromatic heterocycles. The summed E-state index contributed by atoms with van der Waals surface area (Å²) in [7, 11) is 1.98. The number of aliphatic carboxylic acids is 1. The van der Waals surface area contributed by atoms with Crippen LogP contribution in [-0.4, -0.2) is 29.6 Å². The highest BCUT2D eigenvalue weighted by Crippen LogP contribution is 2.32. The lowest BCUT2D eigenvalue weighted by Crippen LogP contribution is -2.19. The lowest BCUT2D eigenvalue weighted by Gasteiger charge is -2.14. The SMILES string of the molecule is CN(CCCC(=O)O)Cc1cc(Br)c(Cl)s1. The van der Waals surface area contributed by atoms with E-state index in [0.717, 1.165) is 21.9 Å². The Morgan fingerprint density at radius 1 is 1.69 bits per heavy atom. The maximum atomic E-state index is 10.3. The number of hydrogen-bond donors (Lipinski definition) is 1. The van der Waals surface area contributed by atoms with Crippen LogP contribution < -0.4 is 0 Å². The first-order valence-corrected chi connectivity index (χ1v) is 6.82. The highest BCUT2D eigenvalue weighted by atomic mass is 79.9. The van der Waals surface area contributed by atoms with Crippen molar-refractivity contribution in [2.75, 3.05) is 13.6 Å². The van der Waals surface area contributed by atoms with Crippen molar-refractivity contribution in [2.24, 2.45) is 0 Å². The average Bonchev–Trinajstić information content (AvgIpc) is 2.44. The van der Waals surface area contributed by atoms with Gasteiger partial charge in [0.1, 0.15) is 4.34 Å². The minimum atomic E-state index is -0.740. The number of carboxylic acid groups (broad SMARTS) is 1. The Labute approximate surface area is 112 Å². The van der Waals surface area contributed by atoms with Gasteiger partial charge in [0, 0.05) is 22.3 Å². The maximum absolute atomic E-state index is 10.3. The fourth-order valence-corrected chi connectivity index (χ4v) is 3.19. The minimum absolute atomic E-state index is 0.221. The second-order valence-electron chi connectivity index (χ2n) is 3.57.